The molecule has 0 unspecified atom stereocenters. The average molecular weight is 261 g/mol. The van der Waals surface area contributed by atoms with E-state index in [1.54, 1.807) is 0 Å². The summed E-state index contributed by atoms with van der Waals surface area (Å²) in [6, 6.07) is 7.92. The van der Waals surface area contributed by atoms with Crippen LogP contribution in [0.5, 0.6) is 0 Å². The fraction of sp³-hybridized carbons (Fsp3) is 0.357. The van der Waals surface area contributed by atoms with Crippen LogP contribution >= 0.6 is 11.8 Å². The molecule has 0 bridgehead atoms. The van der Waals surface area contributed by atoms with Crippen molar-refractivity contribution in [3.8, 4) is 0 Å². The van der Waals surface area contributed by atoms with Gasteiger partial charge in [-0.3, -0.25) is 4.98 Å². The second-order valence-electron chi connectivity index (χ2n) is 4.08. The Morgan fingerprint density at radius 2 is 2.22 bits per heavy atom. The predicted molar refractivity (Wildman–Crippen MR) is 82.3 cm³/mol. The second-order valence-corrected chi connectivity index (χ2v) is 5.47. The van der Waals surface area contributed by atoms with E-state index >= 15 is 0 Å². The summed E-state index contributed by atoms with van der Waals surface area (Å²) in [5.41, 5.74) is 8.66. The van der Waals surface area contributed by atoms with E-state index in [4.69, 9.17) is 5.73 Å². The Hall–Kier alpha value is -1.42. The molecule has 3 nitrogen and oxygen atoms in total. The third kappa shape index (κ3) is 3.07. The van der Waals surface area contributed by atoms with Crippen LogP contribution in [0.25, 0.3) is 10.9 Å². The highest BCUT2D eigenvalue weighted by molar-refractivity contribution is 7.99. The minimum Gasteiger partial charge on any atom is -0.397 e. The molecule has 2 aromatic rings. The first-order chi connectivity index (χ1) is 8.83. The molecule has 1 heterocycles. The smallest absolute Gasteiger partial charge is 0.0951 e. The Labute approximate surface area is 112 Å². The van der Waals surface area contributed by atoms with Gasteiger partial charge in [-0.05, 0) is 30.1 Å². The van der Waals surface area contributed by atoms with Crippen LogP contribution in [0.1, 0.15) is 13.3 Å². The number of aromatic nitrogens is 1. The lowest BCUT2D eigenvalue weighted by atomic mass is 10.1. The number of thioether (sulfide) groups is 1. The van der Waals surface area contributed by atoms with Gasteiger partial charge in [-0.2, -0.15) is 11.8 Å². The Balaban J connectivity index is 2.07. The molecular formula is C14H19N3S. The van der Waals surface area contributed by atoms with Gasteiger partial charge in [-0.1, -0.05) is 19.1 Å². The van der Waals surface area contributed by atoms with Crippen LogP contribution < -0.4 is 11.1 Å². The summed E-state index contributed by atoms with van der Waals surface area (Å²) in [4.78, 5) is 4.33. The van der Waals surface area contributed by atoms with Crippen LogP contribution in [0.4, 0.5) is 11.4 Å². The van der Waals surface area contributed by atoms with Crippen molar-refractivity contribution >= 4 is 34.0 Å². The zero-order valence-electron chi connectivity index (χ0n) is 10.6. The highest BCUT2D eigenvalue weighted by Crippen LogP contribution is 2.25. The first-order valence-electron chi connectivity index (χ1n) is 6.27. The number of nitrogen functional groups attached to an aromatic ring is 1. The van der Waals surface area contributed by atoms with Crippen molar-refractivity contribution in [1.29, 1.82) is 0 Å². The van der Waals surface area contributed by atoms with Gasteiger partial charge in [0.2, 0.25) is 0 Å². The third-order valence-corrected chi connectivity index (χ3v) is 3.77. The summed E-state index contributed by atoms with van der Waals surface area (Å²) in [6.07, 6.45) is 2.98. The number of nitrogens with two attached hydrogens (primary N) is 1. The summed E-state index contributed by atoms with van der Waals surface area (Å²) in [5.74, 6) is 2.39. The number of hydrogen-bond acceptors (Lipinski definition) is 4. The molecule has 0 aliphatic carbocycles. The lowest BCUT2D eigenvalue weighted by molar-refractivity contribution is 0.993. The van der Waals surface area contributed by atoms with Gasteiger partial charge in [0.1, 0.15) is 0 Å². The molecule has 1 aromatic carbocycles. The number of nitrogens with zero attached hydrogens (tertiary/aromatic N) is 1. The molecular weight excluding hydrogens is 242 g/mol. The maximum Gasteiger partial charge on any atom is 0.0951 e. The standard InChI is InChI=1S/C14H19N3S/c1-2-18-10-4-8-16-13-7-9-17-14-11(13)5-3-6-12(14)15/h3,5-7,9H,2,4,8,10,15H2,1H3,(H,16,17). The molecule has 0 radical (unpaired) electrons. The first-order valence-corrected chi connectivity index (χ1v) is 7.43. The first kappa shape index (κ1) is 13.0. The highest BCUT2D eigenvalue weighted by Gasteiger charge is 2.03. The number of pyridine rings is 1. The van der Waals surface area contributed by atoms with Crippen LogP contribution in [0.15, 0.2) is 30.5 Å². The quantitative estimate of drug-likeness (QED) is 0.618. The van der Waals surface area contributed by atoms with Crippen LogP contribution in [0.2, 0.25) is 0 Å². The molecule has 0 atom stereocenters. The Bertz CT molecular complexity index is 513. The van der Waals surface area contributed by atoms with Crippen molar-refractivity contribution in [3.63, 3.8) is 0 Å². The average Bonchev–Trinajstić information content (AvgIpc) is 2.39. The summed E-state index contributed by atoms with van der Waals surface area (Å²) in [6.45, 7) is 3.18. The monoisotopic (exact) mass is 261 g/mol. The molecule has 3 N–H and O–H groups in total. The number of fused-ring (bicyclic) bond motifs is 1. The molecule has 96 valence electrons. The van der Waals surface area contributed by atoms with E-state index in [2.05, 4.69) is 23.3 Å². The van der Waals surface area contributed by atoms with Gasteiger partial charge in [0.05, 0.1) is 11.2 Å². The number of rotatable bonds is 6. The molecule has 0 spiro atoms. The van der Waals surface area contributed by atoms with Crippen molar-refractivity contribution in [3.05, 3.63) is 30.5 Å². The molecule has 0 saturated heterocycles. The normalized spacial score (nSPS) is 10.7. The van der Waals surface area contributed by atoms with Gasteiger partial charge in [0.15, 0.2) is 0 Å². The molecule has 0 aliphatic rings. The van der Waals surface area contributed by atoms with Crippen molar-refractivity contribution in [2.75, 3.05) is 29.1 Å². The molecule has 1 aromatic heterocycles. The van der Waals surface area contributed by atoms with E-state index < -0.39 is 0 Å². The van der Waals surface area contributed by atoms with E-state index in [-0.39, 0.29) is 0 Å². The maximum absolute atomic E-state index is 5.93. The minimum absolute atomic E-state index is 0.734. The number of nitrogens with one attached hydrogen (secondary N) is 1. The summed E-state index contributed by atoms with van der Waals surface area (Å²) < 4.78 is 0. The second kappa shape index (κ2) is 6.50. The van der Waals surface area contributed by atoms with Crippen molar-refractivity contribution in [1.82, 2.24) is 4.98 Å². The van der Waals surface area contributed by atoms with Crippen LogP contribution in [-0.4, -0.2) is 23.0 Å². The molecule has 0 saturated carbocycles. The topological polar surface area (TPSA) is 50.9 Å². The van der Waals surface area contributed by atoms with E-state index in [1.807, 2.05) is 36.2 Å². The molecule has 18 heavy (non-hydrogen) atoms. The maximum atomic E-state index is 5.93. The van der Waals surface area contributed by atoms with Crippen molar-refractivity contribution < 1.29 is 0 Å². The van der Waals surface area contributed by atoms with E-state index in [9.17, 15) is 0 Å². The Morgan fingerprint density at radius 3 is 3.06 bits per heavy atom. The van der Waals surface area contributed by atoms with E-state index in [0.717, 1.165) is 28.8 Å². The van der Waals surface area contributed by atoms with Gasteiger partial charge < -0.3 is 11.1 Å². The summed E-state index contributed by atoms with van der Waals surface area (Å²) in [7, 11) is 0. The summed E-state index contributed by atoms with van der Waals surface area (Å²) >= 11 is 1.98. The van der Waals surface area contributed by atoms with Crippen molar-refractivity contribution in [2.24, 2.45) is 0 Å². The van der Waals surface area contributed by atoms with Gasteiger partial charge in [0.25, 0.3) is 0 Å². The SMILES string of the molecule is CCSCCCNc1ccnc2c(N)cccc12. The highest BCUT2D eigenvalue weighted by atomic mass is 32.2. The van der Waals surface area contributed by atoms with Gasteiger partial charge in [-0.15, -0.1) is 0 Å². The summed E-state index contributed by atoms with van der Waals surface area (Å²) in [5, 5.41) is 4.56. The zero-order valence-corrected chi connectivity index (χ0v) is 11.5. The fourth-order valence-corrected chi connectivity index (χ4v) is 2.53. The lowest BCUT2D eigenvalue weighted by Gasteiger charge is -2.10. The van der Waals surface area contributed by atoms with E-state index in [0.29, 0.717) is 0 Å². The predicted octanol–water partition coefficient (Wildman–Crippen LogP) is 3.37. The Morgan fingerprint density at radius 1 is 1.33 bits per heavy atom. The Kier molecular flexibility index (Phi) is 4.70. The lowest BCUT2D eigenvalue weighted by Crippen LogP contribution is -2.04. The molecule has 4 heteroatoms. The number of para-hydroxylation sites is 1. The molecule has 0 fully saturated rings. The van der Waals surface area contributed by atoms with Crippen LogP contribution in [0, 0.1) is 0 Å². The van der Waals surface area contributed by atoms with Gasteiger partial charge >= 0.3 is 0 Å². The molecule has 2 rings (SSSR count). The zero-order chi connectivity index (χ0) is 12.8. The molecule has 0 amide bonds. The van der Waals surface area contributed by atoms with Gasteiger partial charge in [-0.25, -0.2) is 0 Å². The van der Waals surface area contributed by atoms with Crippen molar-refractivity contribution in [2.45, 2.75) is 13.3 Å². The number of anilines is 2. The van der Waals surface area contributed by atoms with Gasteiger partial charge in [0, 0.05) is 23.8 Å². The van der Waals surface area contributed by atoms with Crippen LogP contribution in [0.3, 0.4) is 0 Å². The fourth-order valence-electron chi connectivity index (χ4n) is 1.89. The van der Waals surface area contributed by atoms with E-state index in [1.165, 1.54) is 17.9 Å². The van der Waals surface area contributed by atoms with Crippen LogP contribution in [-0.2, 0) is 0 Å². The number of benzene rings is 1. The number of hydrogen-bond donors (Lipinski definition) is 2. The molecule has 0 aliphatic heterocycles. The third-order valence-electron chi connectivity index (χ3n) is 2.79. The largest absolute Gasteiger partial charge is 0.397 e. The minimum atomic E-state index is 0.734.